The molecule has 2 fully saturated rings. The predicted octanol–water partition coefficient (Wildman–Crippen LogP) is 5.43. The first-order valence-corrected chi connectivity index (χ1v) is 15.6. The fourth-order valence-electron chi connectivity index (χ4n) is 6.75. The molecule has 10 nitrogen and oxygen atoms in total. The van der Waals surface area contributed by atoms with Crippen molar-refractivity contribution in [2.45, 2.75) is 57.2 Å². The van der Waals surface area contributed by atoms with Gasteiger partial charge in [0, 0.05) is 44.5 Å². The summed E-state index contributed by atoms with van der Waals surface area (Å²) in [6.07, 6.45) is 5.89. The van der Waals surface area contributed by atoms with Gasteiger partial charge < -0.3 is 33.6 Å². The molecule has 2 saturated heterocycles. The molecule has 4 aliphatic rings. The van der Waals surface area contributed by atoms with Crippen LogP contribution in [0.15, 0.2) is 53.6 Å². The first-order chi connectivity index (χ1) is 21.7. The number of amides is 2. The quantitative estimate of drug-likeness (QED) is 0.260. The Hall–Kier alpha value is -4.47. The standard InChI is InChI=1S/C35H42N4O6/c1-21-12-24-18-36-27-16-32(30(42-5)14-25(27)34(40)38(24)19-21)44-10-8-7-9-11-45-33-17-29-26(15-31(33)43-6)35(41)39-20-22(2)13-28(39)23(3)37(29)4/h14-18,23-24,28H,1-2,7-13,19-20H2,3-6H3/t23?,24-,28-/m0/s1. The average Bonchev–Trinajstić information content (AvgIpc) is 3.58. The highest BCUT2D eigenvalue weighted by atomic mass is 16.5. The Balaban J connectivity index is 1.04. The second-order valence-corrected chi connectivity index (χ2v) is 12.3. The van der Waals surface area contributed by atoms with Crippen molar-refractivity contribution in [2.24, 2.45) is 4.99 Å². The number of carbonyl (C=O) groups is 2. The molecule has 0 spiro atoms. The molecule has 45 heavy (non-hydrogen) atoms. The lowest BCUT2D eigenvalue weighted by molar-refractivity contribution is 0.0732. The van der Waals surface area contributed by atoms with E-state index in [0.717, 1.165) is 48.9 Å². The summed E-state index contributed by atoms with van der Waals surface area (Å²) in [5.41, 5.74) is 4.69. The third-order valence-corrected chi connectivity index (χ3v) is 9.37. The van der Waals surface area contributed by atoms with Gasteiger partial charge in [-0.05, 0) is 51.2 Å². The van der Waals surface area contributed by atoms with Crippen LogP contribution in [0.5, 0.6) is 23.0 Å². The van der Waals surface area contributed by atoms with E-state index in [9.17, 15) is 9.59 Å². The number of likely N-dealkylation sites (N-methyl/N-ethyl adjacent to an activating group) is 1. The molecule has 0 bridgehead atoms. The maximum absolute atomic E-state index is 13.5. The highest BCUT2D eigenvalue weighted by Crippen LogP contribution is 2.42. The van der Waals surface area contributed by atoms with Crippen molar-refractivity contribution in [3.63, 3.8) is 0 Å². The van der Waals surface area contributed by atoms with Crippen molar-refractivity contribution >= 4 is 29.4 Å². The summed E-state index contributed by atoms with van der Waals surface area (Å²) in [5, 5.41) is 0. The summed E-state index contributed by atoms with van der Waals surface area (Å²) < 4.78 is 23.5. The van der Waals surface area contributed by atoms with Gasteiger partial charge in [-0.25, -0.2) is 0 Å². The van der Waals surface area contributed by atoms with Crippen LogP contribution in [0, 0.1) is 0 Å². The molecule has 2 aromatic rings. The Kier molecular flexibility index (Phi) is 8.48. The second kappa shape index (κ2) is 12.5. The van der Waals surface area contributed by atoms with Crippen LogP contribution >= 0.6 is 0 Å². The topological polar surface area (TPSA) is 93.1 Å². The number of fused-ring (bicyclic) bond motifs is 4. The molecule has 0 aliphatic carbocycles. The van der Waals surface area contributed by atoms with Gasteiger partial charge in [0.15, 0.2) is 23.0 Å². The van der Waals surface area contributed by atoms with Crippen molar-refractivity contribution in [3.8, 4) is 23.0 Å². The molecule has 4 heterocycles. The van der Waals surface area contributed by atoms with E-state index in [0.29, 0.717) is 66.1 Å². The van der Waals surface area contributed by atoms with Gasteiger partial charge in [-0.15, -0.1) is 0 Å². The fraction of sp³-hybridized carbons (Fsp3) is 0.457. The lowest BCUT2D eigenvalue weighted by Gasteiger charge is -2.32. The minimum atomic E-state index is -0.0681. The SMILES string of the molecule is C=C1C[C@H]2C=Nc3cc(OCCCCCOc4cc5c(cc4OC)C(=O)N4CC(=C)C[C@H]4C(C)N5C)c(OC)cc3C(=O)N2C1. The van der Waals surface area contributed by atoms with E-state index in [-0.39, 0.29) is 29.9 Å². The number of ether oxygens (including phenoxy) is 4. The van der Waals surface area contributed by atoms with Gasteiger partial charge in [-0.1, -0.05) is 24.3 Å². The van der Waals surface area contributed by atoms with Crippen molar-refractivity contribution in [3.05, 3.63) is 59.7 Å². The van der Waals surface area contributed by atoms with Crippen molar-refractivity contribution in [1.29, 1.82) is 0 Å². The van der Waals surface area contributed by atoms with Crippen molar-refractivity contribution in [2.75, 3.05) is 52.5 Å². The lowest BCUT2D eigenvalue weighted by atomic mass is 10.0. The Labute approximate surface area is 264 Å². The third-order valence-electron chi connectivity index (χ3n) is 9.37. The number of hydrogen-bond acceptors (Lipinski definition) is 8. The Morgan fingerprint density at radius 1 is 0.800 bits per heavy atom. The van der Waals surface area contributed by atoms with E-state index >= 15 is 0 Å². The van der Waals surface area contributed by atoms with Gasteiger partial charge >= 0.3 is 0 Å². The number of aliphatic imine (C=N–C) groups is 1. The van der Waals surface area contributed by atoms with Crippen LogP contribution in [0.4, 0.5) is 11.4 Å². The summed E-state index contributed by atoms with van der Waals surface area (Å²) in [6.45, 7) is 12.4. The molecular weight excluding hydrogens is 572 g/mol. The van der Waals surface area contributed by atoms with E-state index < -0.39 is 0 Å². The van der Waals surface area contributed by atoms with E-state index in [1.54, 1.807) is 37.3 Å². The molecule has 238 valence electrons. The number of benzene rings is 2. The molecule has 0 aromatic heterocycles. The number of nitrogens with zero attached hydrogens (tertiary/aromatic N) is 4. The zero-order valence-corrected chi connectivity index (χ0v) is 26.6. The Bertz CT molecular complexity index is 1570. The van der Waals surface area contributed by atoms with E-state index in [1.807, 2.05) is 24.2 Å². The smallest absolute Gasteiger partial charge is 0.257 e. The molecule has 4 aliphatic heterocycles. The monoisotopic (exact) mass is 614 g/mol. The van der Waals surface area contributed by atoms with Gasteiger partial charge in [0.25, 0.3) is 11.8 Å². The van der Waals surface area contributed by atoms with Gasteiger partial charge in [-0.2, -0.15) is 0 Å². The molecular formula is C35H42N4O6. The molecule has 0 N–H and O–H groups in total. The van der Waals surface area contributed by atoms with Crippen LogP contribution in [0.3, 0.4) is 0 Å². The minimum Gasteiger partial charge on any atom is -0.493 e. The molecule has 10 heteroatoms. The van der Waals surface area contributed by atoms with Gasteiger partial charge in [0.05, 0.1) is 62.0 Å². The summed E-state index contributed by atoms with van der Waals surface area (Å²) in [5.74, 6) is 2.18. The molecule has 2 amide bonds. The highest BCUT2D eigenvalue weighted by Gasteiger charge is 2.41. The second-order valence-electron chi connectivity index (χ2n) is 12.3. The fourth-order valence-corrected chi connectivity index (χ4v) is 6.75. The maximum Gasteiger partial charge on any atom is 0.257 e. The van der Waals surface area contributed by atoms with Gasteiger partial charge in [0.1, 0.15) is 0 Å². The number of rotatable bonds is 10. The molecule has 3 atom stereocenters. The molecule has 6 rings (SSSR count). The normalized spacial score (nSPS) is 22.0. The molecule has 0 radical (unpaired) electrons. The minimum absolute atomic E-state index is 0.00540. The molecule has 1 unspecified atom stereocenters. The Morgan fingerprint density at radius 3 is 2.09 bits per heavy atom. The zero-order valence-electron chi connectivity index (χ0n) is 26.6. The maximum atomic E-state index is 13.5. The zero-order chi connectivity index (χ0) is 31.8. The van der Waals surface area contributed by atoms with Crippen LogP contribution in [-0.2, 0) is 0 Å². The number of hydrogen-bond donors (Lipinski definition) is 0. The summed E-state index contributed by atoms with van der Waals surface area (Å²) in [7, 11) is 5.20. The van der Waals surface area contributed by atoms with Crippen LogP contribution < -0.4 is 23.8 Å². The van der Waals surface area contributed by atoms with Crippen molar-refractivity contribution < 1.29 is 28.5 Å². The van der Waals surface area contributed by atoms with E-state index in [2.05, 4.69) is 30.0 Å². The summed E-state index contributed by atoms with van der Waals surface area (Å²) in [6, 6.07) is 7.42. The number of anilines is 1. The summed E-state index contributed by atoms with van der Waals surface area (Å²) >= 11 is 0. The number of unbranched alkanes of at least 4 members (excludes halogenated alkanes) is 2. The number of methoxy groups -OCH3 is 2. The molecule has 2 aromatic carbocycles. The van der Waals surface area contributed by atoms with Gasteiger partial charge in [-0.3, -0.25) is 14.6 Å². The molecule has 0 saturated carbocycles. The van der Waals surface area contributed by atoms with Crippen molar-refractivity contribution in [1.82, 2.24) is 9.80 Å². The van der Waals surface area contributed by atoms with Crippen LogP contribution in [-0.4, -0.2) is 93.5 Å². The summed E-state index contributed by atoms with van der Waals surface area (Å²) in [4.78, 5) is 37.2. The first-order valence-electron chi connectivity index (χ1n) is 15.6. The van der Waals surface area contributed by atoms with Crippen LogP contribution in [0.2, 0.25) is 0 Å². The predicted molar refractivity (Wildman–Crippen MR) is 174 cm³/mol. The van der Waals surface area contributed by atoms with E-state index in [4.69, 9.17) is 18.9 Å². The highest BCUT2D eigenvalue weighted by molar-refractivity contribution is 6.04. The van der Waals surface area contributed by atoms with E-state index in [1.165, 1.54) is 0 Å². The lowest BCUT2D eigenvalue weighted by Crippen LogP contribution is -2.45. The van der Waals surface area contributed by atoms with Crippen LogP contribution in [0.25, 0.3) is 0 Å². The average molecular weight is 615 g/mol. The van der Waals surface area contributed by atoms with Gasteiger partial charge in [0.2, 0.25) is 0 Å². The van der Waals surface area contributed by atoms with Crippen LogP contribution in [0.1, 0.15) is 59.7 Å². The Morgan fingerprint density at radius 2 is 1.40 bits per heavy atom. The first kappa shape index (κ1) is 30.6. The largest absolute Gasteiger partial charge is 0.493 e. The number of carbonyl (C=O) groups excluding carboxylic acids is 2. The third kappa shape index (κ3) is 5.74.